The fourth-order valence-electron chi connectivity index (χ4n) is 3.15. The molecule has 0 spiro atoms. The van der Waals surface area contributed by atoms with Crippen LogP contribution in [0.15, 0.2) is 18.2 Å². The Morgan fingerprint density at radius 3 is 2.64 bits per heavy atom. The van der Waals surface area contributed by atoms with Crippen molar-refractivity contribution in [3.63, 3.8) is 0 Å². The average molecular weight is 302 g/mol. The van der Waals surface area contributed by atoms with E-state index in [1.54, 1.807) is 7.11 Å². The molecule has 1 aromatic carbocycles. The van der Waals surface area contributed by atoms with Crippen LogP contribution in [0.3, 0.4) is 0 Å². The maximum Gasteiger partial charge on any atom is 0.270 e. The van der Waals surface area contributed by atoms with Gasteiger partial charge in [-0.05, 0) is 44.5 Å². The molecule has 1 N–H and O–H groups in total. The zero-order chi connectivity index (χ0) is 15.9. The van der Waals surface area contributed by atoms with Gasteiger partial charge in [0.25, 0.3) is 5.91 Å². The summed E-state index contributed by atoms with van der Waals surface area (Å²) in [5.41, 5.74) is 2.58. The lowest BCUT2D eigenvalue weighted by atomic mass is 10.1. The van der Waals surface area contributed by atoms with Crippen LogP contribution in [0.25, 0.3) is 10.9 Å². The largest absolute Gasteiger partial charge is 0.497 e. The number of H-pyrrole nitrogens is 1. The van der Waals surface area contributed by atoms with Gasteiger partial charge in [0.2, 0.25) is 0 Å². The molecule has 22 heavy (non-hydrogen) atoms. The van der Waals surface area contributed by atoms with Crippen LogP contribution in [-0.2, 0) is 4.74 Å². The summed E-state index contributed by atoms with van der Waals surface area (Å²) in [7, 11) is 1.64. The number of nitrogens with zero attached hydrogens (tertiary/aromatic N) is 1. The average Bonchev–Trinajstić information content (AvgIpc) is 2.82. The molecular weight excluding hydrogens is 280 g/mol. The molecule has 1 aliphatic heterocycles. The molecule has 5 nitrogen and oxygen atoms in total. The van der Waals surface area contributed by atoms with Crippen molar-refractivity contribution in [2.75, 3.05) is 20.2 Å². The lowest BCUT2D eigenvalue weighted by Crippen LogP contribution is -2.48. The minimum Gasteiger partial charge on any atom is -0.497 e. The summed E-state index contributed by atoms with van der Waals surface area (Å²) in [6.45, 7) is 7.22. The third-order valence-corrected chi connectivity index (χ3v) is 4.19. The topological polar surface area (TPSA) is 54.6 Å². The minimum absolute atomic E-state index is 0.0367. The van der Waals surface area contributed by atoms with E-state index in [0.717, 1.165) is 22.2 Å². The molecule has 1 fully saturated rings. The second-order valence-corrected chi connectivity index (χ2v) is 6.00. The van der Waals surface area contributed by atoms with Gasteiger partial charge in [0.1, 0.15) is 11.4 Å². The van der Waals surface area contributed by atoms with E-state index < -0.39 is 0 Å². The van der Waals surface area contributed by atoms with Crippen molar-refractivity contribution in [1.82, 2.24) is 9.88 Å². The normalized spacial score (nSPS) is 22.1. The Balaban J connectivity index is 1.95. The summed E-state index contributed by atoms with van der Waals surface area (Å²) >= 11 is 0. The van der Waals surface area contributed by atoms with Gasteiger partial charge < -0.3 is 19.4 Å². The van der Waals surface area contributed by atoms with Crippen LogP contribution in [0, 0.1) is 6.92 Å². The third-order valence-electron chi connectivity index (χ3n) is 4.19. The monoisotopic (exact) mass is 302 g/mol. The highest BCUT2D eigenvalue weighted by atomic mass is 16.5. The first-order valence-corrected chi connectivity index (χ1v) is 7.60. The molecule has 0 bridgehead atoms. The zero-order valence-corrected chi connectivity index (χ0v) is 13.5. The lowest BCUT2D eigenvalue weighted by Gasteiger charge is -2.35. The van der Waals surface area contributed by atoms with E-state index in [4.69, 9.17) is 9.47 Å². The number of amides is 1. The van der Waals surface area contributed by atoms with Crippen LogP contribution >= 0.6 is 0 Å². The van der Waals surface area contributed by atoms with Crippen LogP contribution in [-0.4, -0.2) is 48.2 Å². The Hall–Kier alpha value is -2.01. The second-order valence-electron chi connectivity index (χ2n) is 6.00. The van der Waals surface area contributed by atoms with E-state index in [-0.39, 0.29) is 18.1 Å². The van der Waals surface area contributed by atoms with Gasteiger partial charge in [-0.1, -0.05) is 0 Å². The van der Waals surface area contributed by atoms with Gasteiger partial charge >= 0.3 is 0 Å². The molecule has 0 aliphatic carbocycles. The Labute approximate surface area is 130 Å². The molecule has 2 atom stereocenters. The van der Waals surface area contributed by atoms with E-state index in [9.17, 15) is 4.79 Å². The molecule has 1 saturated heterocycles. The van der Waals surface area contributed by atoms with Gasteiger partial charge in [0.05, 0.1) is 19.3 Å². The summed E-state index contributed by atoms with van der Waals surface area (Å²) in [6, 6.07) is 5.80. The molecule has 1 aromatic heterocycles. The van der Waals surface area contributed by atoms with Gasteiger partial charge in [0, 0.05) is 24.0 Å². The fourth-order valence-corrected chi connectivity index (χ4v) is 3.15. The van der Waals surface area contributed by atoms with E-state index in [1.807, 2.05) is 43.9 Å². The number of benzene rings is 1. The summed E-state index contributed by atoms with van der Waals surface area (Å²) < 4.78 is 11.0. The van der Waals surface area contributed by atoms with Crippen molar-refractivity contribution in [3.05, 3.63) is 29.5 Å². The number of methoxy groups -OCH3 is 1. The fraction of sp³-hybridized carbons (Fsp3) is 0.471. The minimum atomic E-state index is 0.0367. The van der Waals surface area contributed by atoms with Crippen molar-refractivity contribution in [2.24, 2.45) is 0 Å². The van der Waals surface area contributed by atoms with Crippen molar-refractivity contribution >= 4 is 16.8 Å². The van der Waals surface area contributed by atoms with Gasteiger partial charge in [0.15, 0.2) is 0 Å². The number of nitrogens with one attached hydrogen (secondary N) is 1. The van der Waals surface area contributed by atoms with Crippen LogP contribution < -0.4 is 4.74 Å². The third kappa shape index (κ3) is 2.57. The molecule has 2 aromatic rings. The number of rotatable bonds is 2. The van der Waals surface area contributed by atoms with E-state index >= 15 is 0 Å². The molecular formula is C17H22N2O3. The number of ether oxygens (including phenoxy) is 2. The second kappa shape index (κ2) is 5.65. The standard InChI is InChI=1S/C17H22N2O3/c1-10-8-19(9-11(2)22-10)17(20)16-12(3)14-7-13(21-4)5-6-15(14)18-16/h5-7,10-11,18H,8-9H2,1-4H3/t10-,11-/m0/s1. The van der Waals surface area contributed by atoms with Crippen molar-refractivity contribution < 1.29 is 14.3 Å². The first-order chi connectivity index (χ1) is 10.5. The quantitative estimate of drug-likeness (QED) is 0.928. The molecule has 0 saturated carbocycles. The molecule has 1 amide bonds. The number of morpholine rings is 1. The first kappa shape index (κ1) is 14.9. The summed E-state index contributed by atoms with van der Waals surface area (Å²) in [4.78, 5) is 18.0. The molecule has 2 heterocycles. The number of fused-ring (bicyclic) bond motifs is 1. The molecule has 1 aliphatic rings. The van der Waals surface area contributed by atoms with Gasteiger partial charge in [-0.3, -0.25) is 4.79 Å². The van der Waals surface area contributed by atoms with E-state index in [2.05, 4.69) is 4.98 Å². The van der Waals surface area contributed by atoms with Crippen molar-refractivity contribution in [2.45, 2.75) is 33.0 Å². The Morgan fingerprint density at radius 1 is 1.32 bits per heavy atom. The maximum atomic E-state index is 12.8. The van der Waals surface area contributed by atoms with Crippen LogP contribution in [0.2, 0.25) is 0 Å². The predicted octanol–water partition coefficient (Wildman–Crippen LogP) is 2.73. The molecule has 5 heteroatoms. The van der Waals surface area contributed by atoms with Crippen LogP contribution in [0.4, 0.5) is 0 Å². The Bertz CT molecular complexity index is 697. The summed E-state index contributed by atoms with van der Waals surface area (Å²) in [5, 5.41) is 1.03. The summed E-state index contributed by atoms with van der Waals surface area (Å²) in [5.74, 6) is 0.830. The number of aryl methyl sites for hydroxylation is 1. The van der Waals surface area contributed by atoms with E-state index in [1.165, 1.54) is 0 Å². The highest BCUT2D eigenvalue weighted by Gasteiger charge is 2.28. The zero-order valence-electron chi connectivity index (χ0n) is 13.5. The summed E-state index contributed by atoms with van der Waals surface area (Å²) in [6.07, 6.45) is 0.134. The highest BCUT2D eigenvalue weighted by molar-refractivity contribution is 6.01. The predicted molar refractivity (Wildman–Crippen MR) is 85.5 cm³/mol. The van der Waals surface area contributed by atoms with Crippen molar-refractivity contribution in [3.8, 4) is 5.75 Å². The number of carbonyl (C=O) groups is 1. The van der Waals surface area contributed by atoms with Crippen LogP contribution in [0.5, 0.6) is 5.75 Å². The Morgan fingerprint density at radius 2 is 2.00 bits per heavy atom. The molecule has 0 unspecified atom stereocenters. The lowest BCUT2D eigenvalue weighted by molar-refractivity contribution is -0.0587. The van der Waals surface area contributed by atoms with Gasteiger partial charge in [-0.15, -0.1) is 0 Å². The number of hydrogen-bond acceptors (Lipinski definition) is 3. The molecule has 3 rings (SSSR count). The molecule has 118 valence electrons. The maximum absolute atomic E-state index is 12.8. The van der Waals surface area contributed by atoms with Crippen molar-refractivity contribution in [1.29, 1.82) is 0 Å². The Kier molecular flexibility index (Phi) is 3.83. The van der Waals surface area contributed by atoms with Crippen LogP contribution in [0.1, 0.15) is 29.9 Å². The van der Waals surface area contributed by atoms with E-state index in [0.29, 0.717) is 18.8 Å². The van der Waals surface area contributed by atoms with Gasteiger partial charge in [-0.2, -0.15) is 0 Å². The number of carbonyl (C=O) groups excluding carboxylic acids is 1. The smallest absolute Gasteiger partial charge is 0.270 e. The number of aromatic amines is 1. The molecule has 0 radical (unpaired) electrons. The SMILES string of the molecule is COc1ccc2[nH]c(C(=O)N3C[C@H](C)O[C@@H](C)C3)c(C)c2c1. The van der Waals surface area contributed by atoms with Gasteiger partial charge in [-0.25, -0.2) is 0 Å². The first-order valence-electron chi connectivity index (χ1n) is 7.60. The highest BCUT2D eigenvalue weighted by Crippen LogP contribution is 2.27. The number of hydrogen-bond donors (Lipinski definition) is 1. The number of aromatic nitrogens is 1.